The molecule has 1 atom stereocenters. The molecule has 40 heavy (non-hydrogen) atoms. The number of carbonyl (C=O) groups is 1. The summed E-state index contributed by atoms with van der Waals surface area (Å²) in [5, 5.41) is 3.44. The molecule has 0 spiro atoms. The van der Waals surface area contributed by atoms with Crippen LogP contribution in [0.15, 0.2) is 0 Å². The Labute approximate surface area is 248 Å². The number of anilines is 1. The SMILES string of the molecule is CCCCCCCCCCCCCCCCCC(=O)O[C@@H](CNC(C)(C)C)COc1nsnc1N1CCOCC1. The summed E-state index contributed by atoms with van der Waals surface area (Å²) in [7, 11) is 0. The Bertz CT molecular complexity index is 765. The number of esters is 1. The van der Waals surface area contributed by atoms with Crippen LogP contribution in [0.4, 0.5) is 5.82 Å². The fraction of sp³-hybridized carbons (Fsp3) is 0.903. The highest BCUT2D eigenvalue weighted by molar-refractivity contribution is 6.99. The van der Waals surface area contributed by atoms with Crippen LogP contribution in [-0.2, 0) is 14.3 Å². The van der Waals surface area contributed by atoms with E-state index in [-0.39, 0.29) is 24.2 Å². The topological polar surface area (TPSA) is 85.8 Å². The van der Waals surface area contributed by atoms with Crippen LogP contribution in [0, 0.1) is 0 Å². The first-order chi connectivity index (χ1) is 19.4. The van der Waals surface area contributed by atoms with Gasteiger partial charge in [-0.15, -0.1) is 4.37 Å². The molecule has 1 aromatic rings. The summed E-state index contributed by atoms with van der Waals surface area (Å²) in [6.45, 7) is 12.2. The molecular weight excluding hydrogens is 524 g/mol. The van der Waals surface area contributed by atoms with Gasteiger partial charge in [-0.2, -0.15) is 4.37 Å². The lowest BCUT2D eigenvalue weighted by Gasteiger charge is -2.27. The smallest absolute Gasteiger partial charge is 0.306 e. The van der Waals surface area contributed by atoms with Gasteiger partial charge >= 0.3 is 5.97 Å². The Morgan fingerprint density at radius 2 is 1.45 bits per heavy atom. The van der Waals surface area contributed by atoms with Gasteiger partial charge in [-0.25, -0.2) is 0 Å². The Morgan fingerprint density at radius 1 is 0.900 bits per heavy atom. The van der Waals surface area contributed by atoms with Crippen molar-refractivity contribution in [1.29, 1.82) is 0 Å². The second kappa shape index (κ2) is 21.3. The number of rotatable bonds is 23. The molecule has 0 saturated carbocycles. The fourth-order valence-corrected chi connectivity index (χ4v) is 5.37. The van der Waals surface area contributed by atoms with Gasteiger partial charge in [0.1, 0.15) is 12.7 Å². The molecule has 0 amide bonds. The lowest BCUT2D eigenvalue weighted by molar-refractivity contribution is -0.150. The molecule has 1 saturated heterocycles. The zero-order valence-electron chi connectivity index (χ0n) is 26.0. The summed E-state index contributed by atoms with van der Waals surface area (Å²) in [6.07, 6.45) is 19.7. The van der Waals surface area contributed by atoms with E-state index in [0.29, 0.717) is 32.1 Å². The predicted octanol–water partition coefficient (Wildman–Crippen LogP) is 7.31. The van der Waals surface area contributed by atoms with Crippen LogP contribution in [0.3, 0.4) is 0 Å². The van der Waals surface area contributed by atoms with E-state index in [1.165, 1.54) is 83.5 Å². The Hall–Kier alpha value is -1.45. The van der Waals surface area contributed by atoms with E-state index in [0.717, 1.165) is 43.5 Å². The Balaban J connectivity index is 1.58. The first-order valence-corrected chi connectivity index (χ1v) is 16.8. The minimum absolute atomic E-state index is 0.0833. The summed E-state index contributed by atoms with van der Waals surface area (Å²) >= 11 is 1.14. The van der Waals surface area contributed by atoms with Gasteiger partial charge in [-0.3, -0.25) is 4.79 Å². The van der Waals surface area contributed by atoms with Crippen molar-refractivity contribution >= 4 is 23.5 Å². The number of aromatic nitrogens is 2. The highest BCUT2D eigenvalue weighted by Gasteiger charge is 2.23. The monoisotopic (exact) mass is 582 g/mol. The van der Waals surface area contributed by atoms with Crippen molar-refractivity contribution in [2.24, 2.45) is 0 Å². The quantitative estimate of drug-likeness (QED) is 0.106. The number of nitrogens with one attached hydrogen (secondary N) is 1. The molecule has 1 aromatic heterocycles. The molecule has 0 aliphatic carbocycles. The predicted molar refractivity (Wildman–Crippen MR) is 166 cm³/mol. The van der Waals surface area contributed by atoms with E-state index in [1.54, 1.807) is 0 Å². The molecule has 0 unspecified atom stereocenters. The minimum atomic E-state index is -0.387. The van der Waals surface area contributed by atoms with Crippen molar-refractivity contribution in [3.05, 3.63) is 0 Å². The van der Waals surface area contributed by atoms with Gasteiger partial charge in [0.05, 0.1) is 24.9 Å². The van der Waals surface area contributed by atoms with Crippen molar-refractivity contribution < 1.29 is 19.0 Å². The Morgan fingerprint density at radius 3 is 2.00 bits per heavy atom. The Kier molecular flexibility index (Phi) is 18.5. The van der Waals surface area contributed by atoms with Crippen molar-refractivity contribution in [1.82, 2.24) is 14.1 Å². The maximum absolute atomic E-state index is 12.6. The molecule has 9 heteroatoms. The van der Waals surface area contributed by atoms with Crippen molar-refractivity contribution in [3.8, 4) is 5.88 Å². The highest BCUT2D eigenvalue weighted by Crippen LogP contribution is 2.26. The van der Waals surface area contributed by atoms with Crippen LogP contribution < -0.4 is 15.0 Å². The van der Waals surface area contributed by atoms with Gasteiger partial charge in [-0.05, 0) is 27.2 Å². The molecule has 0 radical (unpaired) electrons. The molecule has 232 valence electrons. The maximum atomic E-state index is 12.6. The number of morpholine rings is 1. The first-order valence-electron chi connectivity index (χ1n) is 16.1. The minimum Gasteiger partial charge on any atom is -0.470 e. The fourth-order valence-electron chi connectivity index (χ4n) is 4.85. The summed E-state index contributed by atoms with van der Waals surface area (Å²) in [6, 6.07) is 0. The number of nitrogens with zero attached hydrogens (tertiary/aromatic N) is 3. The van der Waals surface area contributed by atoms with E-state index in [9.17, 15) is 4.79 Å². The molecule has 8 nitrogen and oxygen atoms in total. The number of hydrogen-bond acceptors (Lipinski definition) is 9. The van der Waals surface area contributed by atoms with Gasteiger partial charge in [0.15, 0.2) is 0 Å². The molecule has 1 aliphatic heterocycles. The molecule has 0 bridgehead atoms. The van der Waals surface area contributed by atoms with Crippen LogP contribution >= 0.6 is 11.7 Å². The third kappa shape index (κ3) is 16.7. The van der Waals surface area contributed by atoms with Crippen LogP contribution in [0.5, 0.6) is 5.88 Å². The zero-order chi connectivity index (χ0) is 28.9. The van der Waals surface area contributed by atoms with Crippen LogP contribution in [0.1, 0.15) is 130 Å². The summed E-state index contributed by atoms with van der Waals surface area (Å²) < 4.78 is 26.1. The normalized spacial score (nSPS) is 14.8. The third-order valence-corrected chi connectivity index (χ3v) is 7.80. The molecule has 1 N–H and O–H groups in total. The highest BCUT2D eigenvalue weighted by atomic mass is 32.1. The largest absolute Gasteiger partial charge is 0.470 e. The van der Waals surface area contributed by atoms with E-state index in [1.807, 2.05) is 0 Å². The second-order valence-corrected chi connectivity index (χ2v) is 12.8. The van der Waals surface area contributed by atoms with Gasteiger partial charge < -0.3 is 24.4 Å². The molecule has 2 heterocycles. The average Bonchev–Trinajstić information content (AvgIpc) is 3.41. The summed E-state index contributed by atoms with van der Waals surface area (Å²) in [4.78, 5) is 14.8. The first kappa shape index (κ1) is 34.7. The zero-order valence-corrected chi connectivity index (χ0v) is 26.8. The molecule has 1 aliphatic rings. The van der Waals surface area contributed by atoms with Gasteiger partial charge in [0.2, 0.25) is 5.82 Å². The number of ether oxygens (including phenoxy) is 3. The molecule has 1 fully saturated rings. The lowest BCUT2D eigenvalue weighted by atomic mass is 10.0. The lowest BCUT2D eigenvalue weighted by Crippen LogP contribution is -2.44. The van der Waals surface area contributed by atoms with E-state index >= 15 is 0 Å². The number of unbranched alkanes of at least 4 members (excludes halogenated alkanes) is 14. The van der Waals surface area contributed by atoms with Crippen molar-refractivity contribution in [2.75, 3.05) is 44.4 Å². The maximum Gasteiger partial charge on any atom is 0.306 e. The standard InChI is InChI=1S/C31H58N4O4S/c1-5-6-7-8-9-10-11-12-13-14-15-16-17-18-19-20-28(36)39-27(25-32-31(2,3)4)26-38-30-29(33-40-34-30)35-21-23-37-24-22-35/h27,32H,5-26H2,1-4H3/t27-/m0/s1. The van der Waals surface area contributed by atoms with Crippen LogP contribution in [0.25, 0.3) is 0 Å². The van der Waals surface area contributed by atoms with Gasteiger partial charge in [-0.1, -0.05) is 96.8 Å². The van der Waals surface area contributed by atoms with Gasteiger partial charge in [0, 0.05) is 31.6 Å². The van der Waals surface area contributed by atoms with Gasteiger partial charge in [0.25, 0.3) is 5.88 Å². The van der Waals surface area contributed by atoms with E-state index in [2.05, 4.69) is 46.7 Å². The molecule has 2 rings (SSSR count). The molecular formula is C31H58N4O4S. The number of carbonyl (C=O) groups excluding carboxylic acids is 1. The average molecular weight is 583 g/mol. The van der Waals surface area contributed by atoms with Crippen molar-refractivity contribution in [2.45, 2.75) is 142 Å². The van der Waals surface area contributed by atoms with E-state index < -0.39 is 0 Å². The molecule has 0 aromatic carbocycles. The van der Waals surface area contributed by atoms with Crippen LogP contribution in [0.2, 0.25) is 0 Å². The summed E-state index contributed by atoms with van der Waals surface area (Å²) in [5.74, 6) is 1.11. The van der Waals surface area contributed by atoms with E-state index in [4.69, 9.17) is 14.2 Å². The number of hydrogen-bond donors (Lipinski definition) is 1. The second-order valence-electron chi connectivity index (χ2n) is 12.2. The summed E-state index contributed by atoms with van der Waals surface area (Å²) in [5.41, 5.74) is -0.0833. The van der Waals surface area contributed by atoms with Crippen molar-refractivity contribution in [3.63, 3.8) is 0 Å². The third-order valence-electron chi connectivity index (χ3n) is 7.30. The van der Waals surface area contributed by atoms with Crippen LogP contribution in [-0.4, -0.2) is 65.8 Å².